The van der Waals surface area contributed by atoms with E-state index in [1.54, 1.807) is 13.0 Å². The van der Waals surface area contributed by atoms with Gasteiger partial charge in [-0.1, -0.05) is 30.3 Å². The van der Waals surface area contributed by atoms with Crippen LogP contribution < -0.4 is 0 Å². The van der Waals surface area contributed by atoms with Crippen LogP contribution >= 0.6 is 23.4 Å². The van der Waals surface area contributed by atoms with Gasteiger partial charge in [0.1, 0.15) is 42.2 Å². The fourth-order valence-electron chi connectivity index (χ4n) is 3.09. The lowest BCUT2D eigenvalue weighted by Gasteiger charge is -2.43. The number of halogens is 2. The van der Waals surface area contributed by atoms with Gasteiger partial charge < -0.3 is 18.9 Å². The van der Waals surface area contributed by atoms with E-state index in [0.717, 1.165) is 17.8 Å². The molecule has 0 aromatic heterocycles. The molecule has 0 bridgehead atoms. The monoisotopic (exact) mass is 473 g/mol. The zero-order valence-corrected chi connectivity index (χ0v) is 18.8. The Hall–Kier alpha value is -2.35. The number of esters is 3. The maximum absolute atomic E-state index is 14.5. The van der Waals surface area contributed by atoms with Crippen molar-refractivity contribution in [2.45, 2.75) is 56.3 Å². The van der Waals surface area contributed by atoms with Gasteiger partial charge in [-0.05, 0) is 12.1 Å². The number of ether oxygens (including phenoxy) is 4. The average Bonchev–Trinajstić information content (AvgIpc) is 2.67. The Morgan fingerprint density at radius 2 is 1.77 bits per heavy atom. The molecule has 11 heteroatoms. The molecule has 0 aliphatic carbocycles. The quantitative estimate of drug-likeness (QED) is 0.454. The van der Waals surface area contributed by atoms with Gasteiger partial charge in [-0.2, -0.15) is 5.26 Å². The lowest BCUT2D eigenvalue weighted by Crippen LogP contribution is -2.56. The van der Waals surface area contributed by atoms with Crippen molar-refractivity contribution in [1.29, 1.82) is 5.26 Å². The molecule has 3 unspecified atom stereocenters. The van der Waals surface area contributed by atoms with Gasteiger partial charge in [0.2, 0.25) is 0 Å². The molecule has 1 saturated heterocycles. The van der Waals surface area contributed by atoms with E-state index < -0.39 is 53.4 Å². The molecule has 1 heterocycles. The van der Waals surface area contributed by atoms with Crippen LogP contribution in [0.3, 0.4) is 0 Å². The first-order chi connectivity index (χ1) is 14.5. The van der Waals surface area contributed by atoms with Gasteiger partial charge in [-0.15, -0.1) is 0 Å². The van der Waals surface area contributed by atoms with Crippen LogP contribution in [0.5, 0.6) is 0 Å². The molecule has 0 N–H and O–H groups in total. The molecule has 168 valence electrons. The van der Waals surface area contributed by atoms with Gasteiger partial charge in [-0.3, -0.25) is 14.4 Å². The molecule has 8 nitrogen and oxygen atoms in total. The average molecular weight is 474 g/mol. The van der Waals surface area contributed by atoms with Gasteiger partial charge in [0, 0.05) is 31.6 Å². The number of nitrogens with zero attached hydrogens (tertiary/aromatic N) is 1. The Balaban J connectivity index is 2.39. The van der Waals surface area contributed by atoms with Crippen LogP contribution in [0.1, 0.15) is 33.3 Å². The third-order valence-electron chi connectivity index (χ3n) is 4.42. The van der Waals surface area contributed by atoms with Crippen molar-refractivity contribution in [2.75, 3.05) is 6.61 Å². The van der Waals surface area contributed by atoms with Crippen LogP contribution in [-0.2, 0) is 33.3 Å². The molecule has 2 rings (SSSR count). The second-order valence-electron chi connectivity index (χ2n) is 6.84. The van der Waals surface area contributed by atoms with E-state index in [2.05, 4.69) is 0 Å². The first-order valence-corrected chi connectivity index (χ1v) is 10.5. The molecule has 31 heavy (non-hydrogen) atoms. The van der Waals surface area contributed by atoms with E-state index in [1.165, 1.54) is 26.8 Å². The van der Waals surface area contributed by atoms with E-state index in [0.29, 0.717) is 0 Å². The highest BCUT2D eigenvalue weighted by atomic mass is 35.5. The molecule has 1 fully saturated rings. The summed E-state index contributed by atoms with van der Waals surface area (Å²) in [6.07, 6.45) is -2.69. The lowest BCUT2D eigenvalue weighted by atomic mass is 9.91. The largest absolute Gasteiger partial charge is 0.463 e. The Kier molecular flexibility index (Phi) is 8.68. The van der Waals surface area contributed by atoms with Crippen molar-refractivity contribution in [2.24, 2.45) is 5.92 Å². The van der Waals surface area contributed by atoms with Gasteiger partial charge in [-0.25, -0.2) is 4.39 Å². The highest BCUT2D eigenvalue weighted by Gasteiger charge is 2.48. The molecule has 5 atom stereocenters. The Labute approximate surface area is 187 Å². The molecule has 0 radical (unpaired) electrons. The molecule has 1 aromatic carbocycles. The molecule has 1 aliphatic heterocycles. The Morgan fingerprint density at radius 1 is 1.16 bits per heavy atom. The maximum Gasteiger partial charge on any atom is 0.303 e. The minimum Gasteiger partial charge on any atom is -0.463 e. The molecular formula is C20H21ClFNO7S. The van der Waals surface area contributed by atoms with E-state index in [-0.39, 0.29) is 22.1 Å². The predicted molar refractivity (Wildman–Crippen MR) is 108 cm³/mol. The maximum atomic E-state index is 14.5. The molecular weight excluding hydrogens is 453 g/mol. The van der Waals surface area contributed by atoms with Crippen molar-refractivity contribution < 1.29 is 37.7 Å². The fourth-order valence-corrected chi connectivity index (χ4v) is 4.60. The van der Waals surface area contributed by atoms with Crippen LogP contribution in [0.2, 0.25) is 5.02 Å². The first-order valence-electron chi connectivity index (χ1n) is 9.22. The van der Waals surface area contributed by atoms with Crippen molar-refractivity contribution in [3.05, 3.63) is 28.5 Å². The van der Waals surface area contributed by atoms with E-state index in [1.807, 2.05) is 0 Å². The number of benzene rings is 1. The lowest BCUT2D eigenvalue weighted by molar-refractivity contribution is -0.212. The summed E-state index contributed by atoms with van der Waals surface area (Å²) in [5.41, 5.74) is -0.967. The van der Waals surface area contributed by atoms with Crippen LogP contribution in [0.15, 0.2) is 17.0 Å². The van der Waals surface area contributed by atoms with Crippen molar-refractivity contribution in [3.63, 3.8) is 0 Å². The predicted octanol–water partition coefficient (Wildman–Crippen LogP) is 3.23. The molecule has 0 spiro atoms. The highest BCUT2D eigenvalue weighted by molar-refractivity contribution is 7.99. The van der Waals surface area contributed by atoms with E-state index in [4.69, 9.17) is 35.8 Å². The number of carbonyl (C=O) groups is 3. The number of nitriles is 1. The van der Waals surface area contributed by atoms with Crippen molar-refractivity contribution >= 4 is 41.3 Å². The number of carbonyl (C=O) groups excluding carboxylic acids is 3. The minimum absolute atomic E-state index is 0.0272. The van der Waals surface area contributed by atoms with Crippen molar-refractivity contribution in [3.8, 4) is 6.07 Å². The first kappa shape index (κ1) is 24.9. The van der Waals surface area contributed by atoms with E-state index in [9.17, 15) is 18.8 Å². The zero-order valence-electron chi connectivity index (χ0n) is 17.2. The third kappa shape index (κ3) is 6.56. The van der Waals surface area contributed by atoms with Crippen LogP contribution in [0.25, 0.3) is 0 Å². The van der Waals surface area contributed by atoms with E-state index >= 15 is 0 Å². The van der Waals surface area contributed by atoms with Crippen LogP contribution in [-0.4, -0.2) is 48.3 Å². The number of rotatable bonds is 6. The SMILES string of the molecule is CC(=O)OCC1O[C@H](Sc2cc(Cl)c(C#N)cc2F)C(OC(C)=O)C(C)[C@H]1OC(C)=O. The summed E-state index contributed by atoms with van der Waals surface area (Å²) in [5.74, 6) is -3.04. The minimum atomic E-state index is -0.940. The zero-order chi connectivity index (χ0) is 23.3. The highest BCUT2D eigenvalue weighted by Crippen LogP contribution is 2.40. The molecule has 0 amide bonds. The van der Waals surface area contributed by atoms with Gasteiger partial charge in [0.15, 0.2) is 0 Å². The molecule has 1 aromatic rings. The molecule has 1 aliphatic rings. The third-order valence-corrected chi connectivity index (χ3v) is 5.91. The standard InChI is InChI=1S/C20H21ClFNO7S/c1-9-18(28-11(3)25)16(8-27-10(2)24)30-20(19(9)29-12(4)26)31-17-6-14(21)13(7-23)5-15(17)22/h5-6,9,16,18-20H,8H2,1-4H3/t9?,16?,18-,19?,20-/m1/s1. The second kappa shape index (κ2) is 10.8. The normalized spacial score (nSPS) is 25.3. The summed E-state index contributed by atoms with van der Waals surface area (Å²) in [6, 6.07) is 4.06. The smallest absolute Gasteiger partial charge is 0.303 e. The Bertz CT molecular complexity index is 904. The number of thioether (sulfide) groups is 1. The summed E-state index contributed by atoms with van der Waals surface area (Å²) >= 11 is 6.91. The van der Waals surface area contributed by atoms with Gasteiger partial charge >= 0.3 is 17.9 Å². The number of hydrogen-bond donors (Lipinski definition) is 0. The Morgan fingerprint density at radius 3 is 2.32 bits per heavy atom. The second-order valence-corrected chi connectivity index (χ2v) is 8.39. The summed E-state index contributed by atoms with van der Waals surface area (Å²) in [6.45, 7) is 5.10. The summed E-state index contributed by atoms with van der Waals surface area (Å²) in [4.78, 5) is 34.6. The summed E-state index contributed by atoms with van der Waals surface area (Å²) in [5, 5.41) is 9.05. The summed E-state index contributed by atoms with van der Waals surface area (Å²) < 4.78 is 36.2. The molecule has 0 saturated carbocycles. The van der Waals surface area contributed by atoms with Crippen molar-refractivity contribution in [1.82, 2.24) is 0 Å². The fraction of sp³-hybridized carbons (Fsp3) is 0.500. The van der Waals surface area contributed by atoms with Crippen LogP contribution in [0.4, 0.5) is 4.39 Å². The van der Waals surface area contributed by atoms with Gasteiger partial charge in [0.25, 0.3) is 0 Å². The van der Waals surface area contributed by atoms with Crippen LogP contribution in [0, 0.1) is 23.1 Å². The van der Waals surface area contributed by atoms with Gasteiger partial charge in [0.05, 0.1) is 10.6 Å². The number of hydrogen-bond acceptors (Lipinski definition) is 9. The summed E-state index contributed by atoms with van der Waals surface area (Å²) in [7, 11) is 0. The topological polar surface area (TPSA) is 112 Å².